The van der Waals surface area contributed by atoms with E-state index in [1.54, 1.807) is 30.3 Å². The Balaban J connectivity index is 0.000000162. The van der Waals surface area contributed by atoms with Crippen LogP contribution in [0.15, 0.2) is 226 Å². The molecule has 65 heavy (non-hydrogen) atoms. The number of carbonyl (C=O) groups excluding carboxylic acids is 1. The van der Waals surface area contributed by atoms with Crippen molar-refractivity contribution in [1.82, 2.24) is 0 Å². The third-order valence-corrected chi connectivity index (χ3v) is 16.6. The molecular formula is C52H39EuF3O7P2. The predicted molar refractivity (Wildman–Crippen MR) is 251 cm³/mol. The third kappa shape index (κ3) is 9.96. The fourth-order valence-corrected chi connectivity index (χ4v) is 12.7. The van der Waals surface area contributed by atoms with Crippen LogP contribution >= 0.6 is 14.3 Å². The molecular weight excluding hydrogens is 1010 g/mol. The van der Waals surface area contributed by atoms with Crippen molar-refractivity contribution >= 4 is 79.5 Å². The summed E-state index contributed by atoms with van der Waals surface area (Å²) >= 11 is 0. The zero-order valence-corrected chi connectivity index (χ0v) is 38.8. The molecule has 0 bridgehead atoms. The fraction of sp³-hybridized carbons (Fsp3) is 0.0385. The van der Waals surface area contributed by atoms with Gasteiger partial charge in [-0.1, -0.05) is 189 Å². The SMILES string of the molecule is C=C/C(=C\C)P(=O)(c1ccccc1)c1ccccc1.O=C(c1c(O)c2ccc3c4ccccc4oc3c2oc1=O)C(F)(F)F.O=P(c1ccccc1)(c1ccccc1)c1ccccc1.[Eu]. The van der Waals surface area contributed by atoms with Crippen LogP contribution in [0.2, 0.25) is 0 Å². The first-order valence-corrected chi connectivity index (χ1v) is 23.2. The monoisotopic (exact) mass is 1050 g/mol. The van der Waals surface area contributed by atoms with Gasteiger partial charge in [-0.05, 0) is 25.1 Å². The maximum atomic E-state index is 13.8. The van der Waals surface area contributed by atoms with Crippen LogP contribution in [-0.4, -0.2) is 17.1 Å². The Kier molecular flexibility index (Phi) is 15.8. The van der Waals surface area contributed by atoms with Crippen LogP contribution in [-0.2, 0) is 9.13 Å². The Hall–Kier alpha value is -5.67. The molecule has 0 fully saturated rings. The smallest absolute Gasteiger partial charge is 0.455 e. The van der Waals surface area contributed by atoms with Crippen LogP contribution in [0.4, 0.5) is 13.2 Å². The maximum Gasteiger partial charge on any atom is 0.455 e. The molecule has 0 aliphatic rings. The number of halogens is 3. The number of hydrogen-bond acceptors (Lipinski definition) is 7. The Morgan fingerprint density at radius 3 is 1.37 bits per heavy atom. The summed E-state index contributed by atoms with van der Waals surface area (Å²) in [6.45, 7) is 5.71. The quantitative estimate of drug-likeness (QED) is 0.0697. The topological polar surface area (TPSA) is 115 Å². The van der Waals surface area contributed by atoms with Crippen molar-refractivity contribution in [3.8, 4) is 5.75 Å². The van der Waals surface area contributed by atoms with Gasteiger partial charge >= 0.3 is 11.8 Å². The molecule has 0 amide bonds. The molecule has 0 saturated carbocycles. The van der Waals surface area contributed by atoms with E-state index in [4.69, 9.17) is 8.83 Å². The molecule has 0 unspecified atom stereocenters. The summed E-state index contributed by atoms with van der Waals surface area (Å²) in [4.78, 5) is 23.3. The average molecular weight is 1050 g/mol. The summed E-state index contributed by atoms with van der Waals surface area (Å²) < 4.78 is 75.8. The molecule has 327 valence electrons. The molecule has 13 heteroatoms. The Labute approximate surface area is 413 Å². The number of rotatable bonds is 8. The van der Waals surface area contributed by atoms with Gasteiger partial charge in [0.25, 0.3) is 5.78 Å². The minimum Gasteiger partial charge on any atom is -0.506 e. The normalized spacial score (nSPS) is 11.7. The van der Waals surface area contributed by atoms with Gasteiger partial charge in [-0.25, -0.2) is 4.79 Å². The molecule has 9 aromatic rings. The molecule has 0 atom stereocenters. The van der Waals surface area contributed by atoms with Crippen molar-refractivity contribution < 1.29 is 90.4 Å². The van der Waals surface area contributed by atoms with E-state index in [0.717, 1.165) is 31.8 Å². The van der Waals surface area contributed by atoms with Gasteiger partial charge < -0.3 is 23.1 Å². The van der Waals surface area contributed by atoms with Crippen molar-refractivity contribution in [2.45, 2.75) is 13.1 Å². The van der Waals surface area contributed by atoms with Gasteiger partial charge in [-0.3, -0.25) is 4.79 Å². The zero-order valence-electron chi connectivity index (χ0n) is 34.6. The molecule has 1 radical (unpaired) electrons. The summed E-state index contributed by atoms with van der Waals surface area (Å²) in [5, 5.41) is 16.2. The largest absolute Gasteiger partial charge is 0.506 e. The minimum atomic E-state index is -5.32. The van der Waals surface area contributed by atoms with E-state index in [0.29, 0.717) is 16.4 Å². The predicted octanol–water partition coefficient (Wildman–Crippen LogP) is 11.6. The van der Waals surface area contributed by atoms with Crippen molar-refractivity contribution in [2.75, 3.05) is 0 Å². The molecule has 0 saturated heterocycles. The number of para-hydroxylation sites is 1. The van der Waals surface area contributed by atoms with Crippen LogP contribution in [0.5, 0.6) is 5.75 Å². The van der Waals surface area contributed by atoms with Gasteiger partial charge in [0.05, 0.1) is 5.39 Å². The summed E-state index contributed by atoms with van der Waals surface area (Å²) in [6, 6.07) is 58.0. The van der Waals surface area contributed by atoms with Crippen LogP contribution in [0.3, 0.4) is 0 Å². The number of benzene rings is 7. The van der Waals surface area contributed by atoms with E-state index in [1.165, 1.54) is 12.1 Å². The Morgan fingerprint density at radius 2 is 0.954 bits per heavy atom. The molecule has 1 N–H and O–H groups in total. The summed E-state index contributed by atoms with van der Waals surface area (Å²) in [5.41, 5.74) is -2.69. The second-order valence-corrected chi connectivity index (χ2v) is 19.7. The van der Waals surface area contributed by atoms with Crippen LogP contribution < -0.4 is 32.1 Å². The average Bonchev–Trinajstić information content (AvgIpc) is 3.72. The van der Waals surface area contributed by atoms with Gasteiger partial charge in [-0.2, -0.15) is 13.2 Å². The first-order chi connectivity index (χ1) is 30.8. The van der Waals surface area contributed by atoms with Gasteiger partial charge in [-0.15, -0.1) is 0 Å². The van der Waals surface area contributed by atoms with Crippen LogP contribution in [0.1, 0.15) is 17.3 Å². The van der Waals surface area contributed by atoms with Gasteiger partial charge in [0, 0.05) is 92.0 Å². The number of hydrogen-bond donors (Lipinski definition) is 1. The third-order valence-electron chi connectivity index (χ3n) is 10.3. The maximum absolute atomic E-state index is 13.8. The van der Waals surface area contributed by atoms with Gasteiger partial charge in [0.15, 0.2) is 31.0 Å². The fourth-order valence-electron chi connectivity index (χ4n) is 7.28. The molecule has 2 aromatic heterocycles. The first-order valence-electron chi connectivity index (χ1n) is 19.8. The van der Waals surface area contributed by atoms with E-state index >= 15 is 0 Å². The molecule has 0 spiro atoms. The van der Waals surface area contributed by atoms with E-state index in [2.05, 4.69) is 6.58 Å². The Morgan fingerprint density at radius 1 is 0.569 bits per heavy atom. The number of aromatic hydroxyl groups is 1. The first kappa shape index (κ1) is 48.8. The van der Waals surface area contributed by atoms with E-state index in [-0.39, 0.29) is 65.9 Å². The number of alkyl halides is 3. The molecule has 0 aliphatic heterocycles. The number of furan rings is 1. The molecule has 7 aromatic carbocycles. The molecule has 7 nitrogen and oxygen atoms in total. The van der Waals surface area contributed by atoms with Crippen molar-refractivity contribution in [2.24, 2.45) is 0 Å². The second-order valence-electron chi connectivity index (χ2n) is 14.2. The molecule has 9 rings (SSSR count). The van der Waals surface area contributed by atoms with E-state index < -0.39 is 43.2 Å². The van der Waals surface area contributed by atoms with Crippen molar-refractivity contribution in [3.63, 3.8) is 0 Å². The second kappa shape index (κ2) is 21.1. The summed E-state index contributed by atoms with van der Waals surface area (Å²) in [7, 11) is -5.57. The summed E-state index contributed by atoms with van der Waals surface area (Å²) in [5.74, 6) is -3.55. The number of Topliss-reactive ketones (excluding diaryl/α,β-unsaturated/α-hetero) is 1. The zero-order chi connectivity index (χ0) is 45.5. The molecule has 2 heterocycles. The Bertz CT molecular complexity index is 3140. The minimum absolute atomic E-state index is 0. The van der Waals surface area contributed by atoms with Crippen LogP contribution in [0.25, 0.3) is 32.9 Å². The van der Waals surface area contributed by atoms with Crippen molar-refractivity contribution in [1.29, 1.82) is 0 Å². The van der Waals surface area contributed by atoms with E-state index in [9.17, 15) is 37.0 Å². The van der Waals surface area contributed by atoms with Gasteiger partial charge in [0.1, 0.15) is 11.3 Å². The number of fused-ring (bicyclic) bond motifs is 5. The molecule has 0 aliphatic carbocycles. The van der Waals surface area contributed by atoms with E-state index in [1.807, 2.05) is 165 Å². The van der Waals surface area contributed by atoms with Crippen molar-refractivity contribution in [3.05, 3.63) is 228 Å². The number of allylic oxidation sites excluding steroid dienone is 3. The number of carbonyl (C=O) groups is 1. The number of ketones is 1. The van der Waals surface area contributed by atoms with Crippen LogP contribution in [0, 0.1) is 49.4 Å². The summed E-state index contributed by atoms with van der Waals surface area (Å²) in [6.07, 6.45) is -1.74. The standard InChI is InChI=1S/C18H15OP.C17H7F3O5.C17H17OP.Eu/c19-20(16-10-4-1-5-11-16,17-12-6-2-7-13-17)18-14-8-3-9-15-18;18-17(19,20)15(22)11-12(21)9-6-5-8-7-3-1-2-4-10(7)24-13(8)14(9)25-16(11)23;1-3-15(4-2)19(18,16-11-7-5-8-12-16)17-13-9-6-10-14-17;/h1-15H;1-6,21H;3-14H,1H2,2H3;/b;;15-4+;. The van der Waals surface area contributed by atoms with Gasteiger partial charge in [0.2, 0.25) is 0 Å².